The first kappa shape index (κ1) is 15.8. The van der Waals surface area contributed by atoms with Crippen LogP contribution in [0.3, 0.4) is 0 Å². The molecule has 0 saturated carbocycles. The molecule has 1 aromatic rings. The molecule has 0 fully saturated rings. The van der Waals surface area contributed by atoms with Crippen LogP contribution in [-0.4, -0.2) is 36.5 Å². The van der Waals surface area contributed by atoms with Crippen LogP contribution < -0.4 is 5.73 Å². The Morgan fingerprint density at radius 2 is 2.17 bits per heavy atom. The molecule has 2 N–H and O–H groups in total. The SMILES string of the molecule is CSCC(C)N(C)C(CN)c1ccc(Cl)c(F)c1. The van der Waals surface area contributed by atoms with E-state index < -0.39 is 5.82 Å². The molecule has 2 atom stereocenters. The minimum Gasteiger partial charge on any atom is -0.329 e. The van der Waals surface area contributed by atoms with Crippen LogP contribution in [-0.2, 0) is 0 Å². The van der Waals surface area contributed by atoms with Gasteiger partial charge in [0, 0.05) is 24.4 Å². The summed E-state index contributed by atoms with van der Waals surface area (Å²) in [5.74, 6) is 0.627. The molecule has 0 aliphatic carbocycles. The first-order valence-electron chi connectivity index (χ1n) is 5.87. The zero-order valence-electron chi connectivity index (χ0n) is 11.0. The third kappa shape index (κ3) is 3.85. The molecule has 1 rings (SSSR count). The van der Waals surface area contributed by atoms with Gasteiger partial charge in [0.1, 0.15) is 5.82 Å². The van der Waals surface area contributed by atoms with Crippen molar-refractivity contribution >= 4 is 23.4 Å². The van der Waals surface area contributed by atoms with E-state index in [0.29, 0.717) is 12.6 Å². The Kier molecular flexibility index (Phi) is 6.43. The number of benzene rings is 1. The normalized spacial score (nSPS) is 14.8. The van der Waals surface area contributed by atoms with Gasteiger partial charge < -0.3 is 5.73 Å². The first-order chi connectivity index (χ1) is 8.51. The van der Waals surface area contributed by atoms with Crippen molar-refractivity contribution in [3.63, 3.8) is 0 Å². The Morgan fingerprint density at radius 3 is 2.67 bits per heavy atom. The third-order valence-corrected chi connectivity index (χ3v) is 4.27. The summed E-state index contributed by atoms with van der Waals surface area (Å²) in [6.45, 7) is 2.60. The standard InChI is InChI=1S/C13H20ClFN2S/c1-9(8-18-3)17(2)13(7-16)10-4-5-11(14)12(15)6-10/h4-6,9,13H,7-8,16H2,1-3H3. The van der Waals surface area contributed by atoms with Gasteiger partial charge in [-0.05, 0) is 37.9 Å². The van der Waals surface area contributed by atoms with Crippen LogP contribution in [0.2, 0.25) is 5.02 Å². The lowest BCUT2D eigenvalue weighted by Crippen LogP contribution is -2.38. The molecule has 2 unspecified atom stereocenters. The van der Waals surface area contributed by atoms with E-state index in [9.17, 15) is 4.39 Å². The van der Waals surface area contributed by atoms with Gasteiger partial charge in [0.15, 0.2) is 0 Å². The summed E-state index contributed by atoms with van der Waals surface area (Å²) in [5, 5.41) is 0.148. The minimum atomic E-state index is -0.390. The average molecular weight is 291 g/mol. The van der Waals surface area contributed by atoms with Gasteiger partial charge in [0.05, 0.1) is 5.02 Å². The molecule has 18 heavy (non-hydrogen) atoms. The Bertz CT molecular complexity index is 389. The smallest absolute Gasteiger partial charge is 0.142 e. The average Bonchev–Trinajstić information content (AvgIpc) is 2.34. The van der Waals surface area contributed by atoms with Gasteiger partial charge in [-0.2, -0.15) is 11.8 Å². The van der Waals surface area contributed by atoms with E-state index in [1.807, 2.05) is 13.1 Å². The number of nitrogens with two attached hydrogens (primary N) is 1. The number of halogens is 2. The molecule has 0 aliphatic heterocycles. The number of hydrogen-bond donors (Lipinski definition) is 1. The van der Waals surface area contributed by atoms with E-state index in [4.69, 9.17) is 17.3 Å². The second kappa shape index (κ2) is 7.34. The van der Waals surface area contributed by atoms with Gasteiger partial charge >= 0.3 is 0 Å². The number of likely N-dealkylation sites (N-methyl/N-ethyl adjacent to an activating group) is 1. The number of hydrogen-bond acceptors (Lipinski definition) is 3. The molecule has 1 aromatic carbocycles. The molecule has 0 heterocycles. The summed E-state index contributed by atoms with van der Waals surface area (Å²) in [4.78, 5) is 2.18. The van der Waals surface area contributed by atoms with Crippen molar-refractivity contribution in [2.75, 3.05) is 25.6 Å². The molecule has 0 saturated heterocycles. The zero-order valence-corrected chi connectivity index (χ0v) is 12.6. The molecule has 0 bridgehead atoms. The molecule has 102 valence electrons. The van der Waals surface area contributed by atoms with Crippen molar-refractivity contribution in [1.82, 2.24) is 4.90 Å². The van der Waals surface area contributed by atoms with Gasteiger partial charge in [0.2, 0.25) is 0 Å². The van der Waals surface area contributed by atoms with Crippen molar-refractivity contribution in [2.24, 2.45) is 5.73 Å². The molecule has 0 radical (unpaired) electrons. The Labute approximate surface area is 118 Å². The molecule has 5 heteroatoms. The largest absolute Gasteiger partial charge is 0.329 e. The predicted molar refractivity (Wildman–Crippen MR) is 78.8 cm³/mol. The number of thioether (sulfide) groups is 1. The van der Waals surface area contributed by atoms with Gasteiger partial charge in [-0.15, -0.1) is 0 Å². The number of nitrogens with zero attached hydrogens (tertiary/aromatic N) is 1. The quantitative estimate of drug-likeness (QED) is 0.873. The summed E-state index contributed by atoms with van der Waals surface area (Å²) in [7, 11) is 2.02. The Morgan fingerprint density at radius 1 is 1.50 bits per heavy atom. The van der Waals surface area contributed by atoms with E-state index in [1.165, 1.54) is 6.07 Å². The van der Waals surface area contributed by atoms with Crippen LogP contribution in [0, 0.1) is 5.82 Å². The lowest BCUT2D eigenvalue weighted by molar-refractivity contribution is 0.204. The van der Waals surface area contributed by atoms with Crippen LogP contribution in [0.25, 0.3) is 0 Å². The van der Waals surface area contributed by atoms with E-state index in [2.05, 4.69) is 18.1 Å². The molecule has 0 spiro atoms. The zero-order chi connectivity index (χ0) is 13.7. The fourth-order valence-corrected chi connectivity index (χ4v) is 2.76. The summed E-state index contributed by atoms with van der Waals surface area (Å²) >= 11 is 7.49. The van der Waals surface area contributed by atoms with Crippen LogP contribution in [0.1, 0.15) is 18.5 Å². The lowest BCUT2D eigenvalue weighted by atomic mass is 10.0. The molecular formula is C13H20ClFN2S. The molecule has 0 aliphatic rings. The maximum atomic E-state index is 13.5. The summed E-state index contributed by atoms with van der Waals surface area (Å²) < 4.78 is 13.5. The molecular weight excluding hydrogens is 271 g/mol. The number of rotatable bonds is 6. The fourth-order valence-electron chi connectivity index (χ4n) is 1.92. The predicted octanol–water partition coefficient (Wildman–Crippen LogP) is 3.16. The highest BCUT2D eigenvalue weighted by Crippen LogP contribution is 2.25. The third-order valence-electron chi connectivity index (χ3n) is 3.15. The molecule has 0 amide bonds. The molecule has 2 nitrogen and oxygen atoms in total. The van der Waals surface area contributed by atoms with Crippen molar-refractivity contribution in [3.8, 4) is 0 Å². The van der Waals surface area contributed by atoms with Gasteiger partial charge in [-0.1, -0.05) is 17.7 Å². The van der Waals surface area contributed by atoms with E-state index in [-0.39, 0.29) is 11.1 Å². The lowest BCUT2D eigenvalue weighted by Gasteiger charge is -2.32. The van der Waals surface area contributed by atoms with Crippen molar-refractivity contribution in [1.29, 1.82) is 0 Å². The fraction of sp³-hybridized carbons (Fsp3) is 0.538. The summed E-state index contributed by atoms with van der Waals surface area (Å²) in [5.41, 5.74) is 6.69. The summed E-state index contributed by atoms with van der Waals surface area (Å²) in [6.07, 6.45) is 2.07. The van der Waals surface area contributed by atoms with Crippen molar-refractivity contribution < 1.29 is 4.39 Å². The first-order valence-corrected chi connectivity index (χ1v) is 7.64. The van der Waals surface area contributed by atoms with Crippen molar-refractivity contribution in [2.45, 2.75) is 19.0 Å². The topological polar surface area (TPSA) is 29.3 Å². The van der Waals surface area contributed by atoms with E-state index >= 15 is 0 Å². The van der Waals surface area contributed by atoms with Crippen LogP contribution in [0.15, 0.2) is 18.2 Å². The maximum Gasteiger partial charge on any atom is 0.142 e. The highest BCUT2D eigenvalue weighted by molar-refractivity contribution is 7.98. The monoisotopic (exact) mass is 290 g/mol. The highest BCUT2D eigenvalue weighted by Gasteiger charge is 2.20. The highest BCUT2D eigenvalue weighted by atomic mass is 35.5. The Balaban J connectivity index is 2.91. The van der Waals surface area contributed by atoms with Gasteiger partial charge in [-0.25, -0.2) is 4.39 Å². The van der Waals surface area contributed by atoms with Crippen LogP contribution in [0.5, 0.6) is 0 Å². The van der Waals surface area contributed by atoms with Crippen molar-refractivity contribution in [3.05, 3.63) is 34.6 Å². The molecule has 0 aromatic heterocycles. The van der Waals surface area contributed by atoms with Crippen LogP contribution in [0.4, 0.5) is 4.39 Å². The van der Waals surface area contributed by atoms with Gasteiger partial charge in [-0.3, -0.25) is 4.90 Å². The second-order valence-corrected chi connectivity index (χ2v) is 5.71. The van der Waals surface area contributed by atoms with Gasteiger partial charge in [0.25, 0.3) is 0 Å². The minimum absolute atomic E-state index is 0.0129. The van der Waals surface area contributed by atoms with E-state index in [0.717, 1.165) is 11.3 Å². The van der Waals surface area contributed by atoms with E-state index in [1.54, 1.807) is 17.8 Å². The Hall–Kier alpha value is -0.290. The maximum absolute atomic E-state index is 13.5. The second-order valence-electron chi connectivity index (χ2n) is 4.39. The van der Waals surface area contributed by atoms with Crippen LogP contribution >= 0.6 is 23.4 Å². The summed E-state index contributed by atoms with van der Waals surface area (Å²) in [6, 6.07) is 5.29.